The molecule has 0 aromatic carbocycles. The molecule has 2 rings (SSSR count). The zero-order valence-corrected chi connectivity index (χ0v) is 14.7. The molecule has 2 N–H and O–H groups in total. The van der Waals surface area contributed by atoms with E-state index in [1.165, 1.54) is 24.3 Å². The summed E-state index contributed by atoms with van der Waals surface area (Å²) in [6.07, 6.45) is 0.417. The molecule has 0 spiro atoms. The number of sulfonamides is 1. The first-order valence-corrected chi connectivity index (χ1v) is 9.24. The van der Waals surface area contributed by atoms with E-state index in [0.29, 0.717) is 6.54 Å². The average molecular weight is 390 g/mol. The number of carbonyl (C=O) groups excluding carboxylic acids is 2. The fourth-order valence-corrected chi connectivity index (χ4v) is 3.98. The normalized spacial score (nSPS) is 10.9. The van der Waals surface area contributed by atoms with Gasteiger partial charge in [-0.15, -0.1) is 11.3 Å². The van der Waals surface area contributed by atoms with Crippen LogP contribution in [-0.4, -0.2) is 31.9 Å². The number of carbonyl (C=O) groups is 2. The van der Waals surface area contributed by atoms with Crippen LogP contribution in [0.1, 0.15) is 17.3 Å². The SMILES string of the molecule is CCNC(=O)Oc1ccc(C(=O)NS(=O)(=O)c2ccc(Cl)s2)cn1. The van der Waals surface area contributed by atoms with Gasteiger partial charge in [0.05, 0.1) is 9.90 Å². The summed E-state index contributed by atoms with van der Waals surface area (Å²) in [6, 6.07) is 5.27. The first kappa shape index (κ1) is 18.2. The highest BCUT2D eigenvalue weighted by molar-refractivity contribution is 7.92. The highest BCUT2D eigenvalue weighted by Gasteiger charge is 2.21. The first-order chi connectivity index (χ1) is 11.3. The number of hydrogen-bond acceptors (Lipinski definition) is 7. The van der Waals surface area contributed by atoms with E-state index in [1.54, 1.807) is 6.92 Å². The second kappa shape index (κ2) is 7.60. The Morgan fingerprint density at radius 1 is 1.29 bits per heavy atom. The molecule has 0 saturated heterocycles. The number of rotatable bonds is 5. The summed E-state index contributed by atoms with van der Waals surface area (Å²) in [4.78, 5) is 27.0. The second-order valence-corrected chi connectivity index (χ2v) is 7.92. The van der Waals surface area contributed by atoms with Crippen LogP contribution in [-0.2, 0) is 10.0 Å². The van der Waals surface area contributed by atoms with Crippen LogP contribution in [0.4, 0.5) is 4.79 Å². The molecule has 0 aliphatic heterocycles. The highest BCUT2D eigenvalue weighted by atomic mass is 35.5. The Balaban J connectivity index is 2.06. The van der Waals surface area contributed by atoms with Crippen molar-refractivity contribution < 1.29 is 22.7 Å². The molecule has 0 atom stereocenters. The van der Waals surface area contributed by atoms with Crippen LogP contribution in [0.3, 0.4) is 0 Å². The minimum absolute atomic E-state index is 0.00974. The van der Waals surface area contributed by atoms with Crippen molar-refractivity contribution in [3.8, 4) is 5.88 Å². The van der Waals surface area contributed by atoms with Gasteiger partial charge in [0, 0.05) is 18.8 Å². The molecule has 2 amide bonds. The molecule has 0 aliphatic carbocycles. The monoisotopic (exact) mass is 389 g/mol. The molecule has 0 unspecified atom stereocenters. The van der Waals surface area contributed by atoms with Gasteiger partial charge >= 0.3 is 6.09 Å². The average Bonchev–Trinajstić information content (AvgIpc) is 2.95. The molecule has 2 heterocycles. The number of hydrogen-bond donors (Lipinski definition) is 2. The number of nitrogens with one attached hydrogen (secondary N) is 2. The Morgan fingerprint density at radius 3 is 2.58 bits per heavy atom. The number of halogens is 1. The number of pyridine rings is 1. The van der Waals surface area contributed by atoms with Crippen LogP contribution in [0.5, 0.6) is 5.88 Å². The zero-order chi connectivity index (χ0) is 17.7. The standard InChI is InChI=1S/C13H12ClN3O5S2/c1-2-15-13(19)22-10-5-3-8(7-16-10)12(18)17-24(20,21)11-6-4-9(14)23-11/h3-7H,2H2,1H3,(H,15,19)(H,17,18). The van der Waals surface area contributed by atoms with Crippen molar-refractivity contribution in [1.82, 2.24) is 15.0 Å². The van der Waals surface area contributed by atoms with E-state index in [-0.39, 0.29) is 20.0 Å². The predicted octanol–water partition coefficient (Wildman–Crippen LogP) is 2.02. The quantitative estimate of drug-likeness (QED) is 0.808. The van der Waals surface area contributed by atoms with Crippen LogP contribution >= 0.6 is 22.9 Å². The summed E-state index contributed by atoms with van der Waals surface area (Å²) in [5, 5.41) is 2.41. The van der Waals surface area contributed by atoms with E-state index < -0.39 is 22.0 Å². The van der Waals surface area contributed by atoms with E-state index >= 15 is 0 Å². The lowest BCUT2D eigenvalue weighted by Crippen LogP contribution is -2.30. The molecular weight excluding hydrogens is 378 g/mol. The molecule has 2 aromatic rings. The Bertz CT molecular complexity index is 849. The number of amides is 2. The van der Waals surface area contributed by atoms with Gasteiger partial charge in [0.15, 0.2) is 0 Å². The molecule has 2 aromatic heterocycles. The lowest BCUT2D eigenvalue weighted by molar-refractivity contribution is 0.0981. The molecule has 0 bridgehead atoms. The van der Waals surface area contributed by atoms with Gasteiger partial charge in [-0.2, -0.15) is 0 Å². The minimum Gasteiger partial charge on any atom is -0.391 e. The summed E-state index contributed by atoms with van der Waals surface area (Å²) in [5.41, 5.74) is -0.00974. The minimum atomic E-state index is -4.01. The lowest BCUT2D eigenvalue weighted by Gasteiger charge is -2.06. The predicted molar refractivity (Wildman–Crippen MR) is 87.9 cm³/mol. The fraction of sp³-hybridized carbons (Fsp3) is 0.154. The van der Waals surface area contributed by atoms with E-state index in [0.717, 1.165) is 17.5 Å². The van der Waals surface area contributed by atoms with Gasteiger partial charge in [0.25, 0.3) is 15.9 Å². The lowest BCUT2D eigenvalue weighted by atomic mass is 10.3. The van der Waals surface area contributed by atoms with Crippen LogP contribution in [0, 0.1) is 0 Å². The van der Waals surface area contributed by atoms with Gasteiger partial charge in [-0.25, -0.2) is 22.9 Å². The van der Waals surface area contributed by atoms with Crippen molar-refractivity contribution in [1.29, 1.82) is 0 Å². The maximum absolute atomic E-state index is 12.0. The third kappa shape index (κ3) is 4.66. The summed E-state index contributed by atoms with van der Waals surface area (Å²) < 4.78 is 31.0. The van der Waals surface area contributed by atoms with E-state index in [4.69, 9.17) is 16.3 Å². The van der Waals surface area contributed by atoms with Gasteiger partial charge in [-0.1, -0.05) is 11.6 Å². The van der Waals surface area contributed by atoms with Crippen molar-refractivity contribution in [2.75, 3.05) is 6.54 Å². The highest BCUT2D eigenvalue weighted by Crippen LogP contribution is 2.25. The van der Waals surface area contributed by atoms with Crippen molar-refractivity contribution >= 4 is 45.0 Å². The molecule has 0 radical (unpaired) electrons. The molecule has 0 aliphatic rings. The molecule has 0 fully saturated rings. The summed E-state index contributed by atoms with van der Waals surface area (Å²) in [5.74, 6) is -0.887. The molecule has 0 saturated carbocycles. The van der Waals surface area contributed by atoms with E-state index in [9.17, 15) is 18.0 Å². The number of nitrogens with zero attached hydrogens (tertiary/aromatic N) is 1. The first-order valence-electron chi connectivity index (χ1n) is 6.56. The molecular formula is C13H12ClN3O5S2. The van der Waals surface area contributed by atoms with Crippen molar-refractivity contribution in [3.63, 3.8) is 0 Å². The van der Waals surface area contributed by atoms with Gasteiger partial charge in [-0.3, -0.25) is 4.79 Å². The Morgan fingerprint density at radius 2 is 2.04 bits per heavy atom. The Kier molecular flexibility index (Phi) is 5.75. The Hall–Kier alpha value is -2.17. The maximum Gasteiger partial charge on any atom is 0.413 e. The second-order valence-electron chi connectivity index (χ2n) is 4.30. The van der Waals surface area contributed by atoms with E-state index in [1.807, 2.05) is 4.72 Å². The summed E-state index contributed by atoms with van der Waals surface area (Å²) in [6.45, 7) is 2.12. The molecule has 24 heavy (non-hydrogen) atoms. The summed E-state index contributed by atoms with van der Waals surface area (Å²) in [7, 11) is -4.01. The third-order valence-electron chi connectivity index (χ3n) is 2.56. The number of thiophene rings is 1. The maximum atomic E-state index is 12.0. The van der Waals surface area contributed by atoms with Gasteiger partial charge < -0.3 is 10.1 Å². The van der Waals surface area contributed by atoms with Gasteiger partial charge in [0.2, 0.25) is 5.88 Å². The van der Waals surface area contributed by atoms with Crippen molar-refractivity contribution in [2.45, 2.75) is 11.1 Å². The third-order valence-corrected chi connectivity index (χ3v) is 5.61. The number of ether oxygens (including phenoxy) is 1. The summed E-state index contributed by atoms with van der Waals surface area (Å²) >= 11 is 6.51. The molecule has 11 heteroatoms. The smallest absolute Gasteiger partial charge is 0.391 e. The van der Waals surface area contributed by atoms with Crippen LogP contribution in [0.15, 0.2) is 34.7 Å². The van der Waals surface area contributed by atoms with Gasteiger partial charge in [-0.05, 0) is 25.1 Å². The molecule has 8 nitrogen and oxygen atoms in total. The van der Waals surface area contributed by atoms with Crippen molar-refractivity contribution in [2.24, 2.45) is 0 Å². The largest absolute Gasteiger partial charge is 0.413 e. The van der Waals surface area contributed by atoms with Crippen LogP contribution < -0.4 is 14.8 Å². The fourth-order valence-electron chi connectivity index (χ4n) is 1.52. The van der Waals surface area contributed by atoms with Crippen molar-refractivity contribution in [3.05, 3.63) is 40.4 Å². The zero-order valence-electron chi connectivity index (χ0n) is 12.3. The number of aromatic nitrogens is 1. The van der Waals surface area contributed by atoms with Crippen LogP contribution in [0.25, 0.3) is 0 Å². The van der Waals surface area contributed by atoms with Crippen LogP contribution in [0.2, 0.25) is 4.34 Å². The van der Waals surface area contributed by atoms with E-state index in [2.05, 4.69) is 10.3 Å². The Labute approximate surface area is 146 Å². The van der Waals surface area contributed by atoms with Gasteiger partial charge in [0.1, 0.15) is 4.21 Å². The molecule has 128 valence electrons. The topological polar surface area (TPSA) is 114 Å².